The molecule has 1 aliphatic rings. The molecule has 2 N–H and O–H groups in total. The maximum atomic E-state index is 6.41. The lowest BCUT2D eigenvalue weighted by Crippen LogP contribution is -2.10. The van der Waals surface area contributed by atoms with Gasteiger partial charge in [0.1, 0.15) is 0 Å². The van der Waals surface area contributed by atoms with Crippen LogP contribution in [-0.4, -0.2) is 0 Å². The van der Waals surface area contributed by atoms with Crippen molar-refractivity contribution in [2.75, 3.05) is 0 Å². The van der Waals surface area contributed by atoms with Crippen LogP contribution in [0.1, 0.15) is 33.1 Å². The van der Waals surface area contributed by atoms with E-state index in [2.05, 4.69) is 78.0 Å². The van der Waals surface area contributed by atoms with E-state index in [0.29, 0.717) is 3.92 Å². The number of nitrogens with two attached hydrogens (primary N) is 1. The Labute approximate surface area is 127 Å². The molecule has 2 aromatic carbocycles. The monoisotopic (exact) mass is 361 g/mol. The van der Waals surface area contributed by atoms with Crippen LogP contribution in [0.25, 0.3) is 11.3 Å². The van der Waals surface area contributed by atoms with Gasteiger partial charge in [0.25, 0.3) is 0 Å². The Morgan fingerprint density at radius 1 is 1.00 bits per heavy atom. The molecular formula is C17H16IN. The molecule has 0 radical (unpaired) electrons. The van der Waals surface area contributed by atoms with Crippen LogP contribution in [0, 0.1) is 0 Å². The minimum Gasteiger partial charge on any atom is -0.398 e. The van der Waals surface area contributed by atoms with E-state index in [-0.39, 0.29) is 0 Å². The summed E-state index contributed by atoms with van der Waals surface area (Å²) in [5, 5.41) is 0. The highest BCUT2D eigenvalue weighted by molar-refractivity contribution is 14.1. The summed E-state index contributed by atoms with van der Waals surface area (Å²) < 4.78 is 0.460. The summed E-state index contributed by atoms with van der Waals surface area (Å²) in [7, 11) is 0. The first-order valence-electron chi connectivity index (χ1n) is 6.46. The number of halogens is 1. The van der Waals surface area contributed by atoms with Crippen molar-refractivity contribution in [3.8, 4) is 0 Å². The fourth-order valence-electron chi connectivity index (χ4n) is 2.73. The third kappa shape index (κ3) is 2.18. The standard InChI is InChI=1S/C17H16IN/c1-11-13-7-3-2-6-12(13)10-16(18)14-8-4-5-9-15(14)17(11)19/h2-9,16H,10,19H2,1H3/b17-11+. The molecular weight excluding hydrogens is 345 g/mol. The van der Waals surface area contributed by atoms with Crippen LogP contribution in [-0.2, 0) is 6.42 Å². The van der Waals surface area contributed by atoms with Crippen LogP contribution >= 0.6 is 22.6 Å². The smallest absolute Gasteiger partial charge is 0.0426 e. The molecule has 3 rings (SSSR count). The molecule has 0 aromatic heterocycles. The molecule has 0 saturated heterocycles. The number of allylic oxidation sites excluding steroid dienone is 1. The zero-order chi connectivity index (χ0) is 13.4. The van der Waals surface area contributed by atoms with E-state index in [0.717, 1.165) is 12.1 Å². The summed E-state index contributed by atoms with van der Waals surface area (Å²) in [5.74, 6) is 0. The van der Waals surface area contributed by atoms with Gasteiger partial charge in [0.2, 0.25) is 0 Å². The Morgan fingerprint density at radius 3 is 2.42 bits per heavy atom. The topological polar surface area (TPSA) is 26.0 Å². The van der Waals surface area contributed by atoms with E-state index in [4.69, 9.17) is 5.73 Å². The van der Waals surface area contributed by atoms with Crippen molar-refractivity contribution in [1.29, 1.82) is 0 Å². The van der Waals surface area contributed by atoms with Gasteiger partial charge >= 0.3 is 0 Å². The number of fused-ring (bicyclic) bond motifs is 2. The molecule has 1 unspecified atom stereocenters. The average molecular weight is 361 g/mol. The minimum absolute atomic E-state index is 0.460. The van der Waals surface area contributed by atoms with Gasteiger partial charge in [-0.15, -0.1) is 0 Å². The summed E-state index contributed by atoms with van der Waals surface area (Å²) in [6, 6.07) is 17.1. The minimum atomic E-state index is 0.460. The number of benzene rings is 2. The summed E-state index contributed by atoms with van der Waals surface area (Å²) in [5.41, 5.74) is 13.7. The third-order valence-electron chi connectivity index (χ3n) is 3.81. The van der Waals surface area contributed by atoms with Gasteiger partial charge in [-0.1, -0.05) is 71.1 Å². The van der Waals surface area contributed by atoms with Gasteiger partial charge in [-0.2, -0.15) is 0 Å². The van der Waals surface area contributed by atoms with Crippen LogP contribution in [0.2, 0.25) is 0 Å². The zero-order valence-electron chi connectivity index (χ0n) is 10.9. The second-order valence-corrected chi connectivity index (χ2v) is 6.46. The molecule has 2 heteroatoms. The number of alkyl halides is 1. The average Bonchev–Trinajstić information content (AvgIpc) is 2.45. The van der Waals surface area contributed by atoms with Gasteiger partial charge in [-0.3, -0.25) is 0 Å². The number of rotatable bonds is 0. The largest absolute Gasteiger partial charge is 0.398 e. The fourth-order valence-corrected chi connectivity index (χ4v) is 3.75. The first kappa shape index (κ1) is 12.7. The van der Waals surface area contributed by atoms with Crippen molar-refractivity contribution in [3.05, 3.63) is 70.8 Å². The van der Waals surface area contributed by atoms with Crippen LogP contribution in [0.15, 0.2) is 48.5 Å². The fraction of sp³-hybridized carbons (Fsp3) is 0.176. The Kier molecular flexibility index (Phi) is 3.35. The van der Waals surface area contributed by atoms with Gasteiger partial charge < -0.3 is 5.73 Å². The van der Waals surface area contributed by atoms with E-state index in [1.165, 1.54) is 27.8 Å². The lowest BCUT2D eigenvalue weighted by molar-refractivity contribution is 0.952. The predicted octanol–water partition coefficient (Wildman–Crippen LogP) is 4.57. The first-order chi connectivity index (χ1) is 9.18. The molecule has 0 amide bonds. The lowest BCUT2D eigenvalue weighted by Gasteiger charge is -2.22. The van der Waals surface area contributed by atoms with E-state index in [9.17, 15) is 0 Å². The van der Waals surface area contributed by atoms with Crippen molar-refractivity contribution in [1.82, 2.24) is 0 Å². The van der Waals surface area contributed by atoms with Crippen molar-refractivity contribution < 1.29 is 0 Å². The maximum Gasteiger partial charge on any atom is 0.0426 e. The van der Waals surface area contributed by atoms with Crippen molar-refractivity contribution in [2.24, 2.45) is 5.73 Å². The molecule has 2 aromatic rings. The predicted molar refractivity (Wildman–Crippen MR) is 90.0 cm³/mol. The molecule has 1 atom stereocenters. The summed E-state index contributed by atoms with van der Waals surface area (Å²) in [6.45, 7) is 2.12. The van der Waals surface area contributed by atoms with Crippen LogP contribution in [0.3, 0.4) is 0 Å². The van der Waals surface area contributed by atoms with E-state index < -0.39 is 0 Å². The van der Waals surface area contributed by atoms with Crippen LogP contribution in [0.4, 0.5) is 0 Å². The molecule has 0 saturated carbocycles. The highest BCUT2D eigenvalue weighted by Gasteiger charge is 2.20. The third-order valence-corrected chi connectivity index (χ3v) is 4.92. The highest BCUT2D eigenvalue weighted by Crippen LogP contribution is 2.38. The van der Waals surface area contributed by atoms with Gasteiger partial charge in [0.15, 0.2) is 0 Å². The van der Waals surface area contributed by atoms with Gasteiger partial charge in [0.05, 0.1) is 0 Å². The Balaban J connectivity index is 2.31. The number of hydrogen-bond donors (Lipinski definition) is 1. The quantitative estimate of drug-likeness (QED) is 0.540. The molecule has 0 bridgehead atoms. The number of hydrogen-bond acceptors (Lipinski definition) is 1. The molecule has 0 spiro atoms. The Bertz CT molecular complexity index is 658. The van der Waals surface area contributed by atoms with Gasteiger partial charge in [-0.25, -0.2) is 0 Å². The summed E-state index contributed by atoms with van der Waals surface area (Å²) in [6.07, 6.45) is 1.05. The molecule has 1 nitrogen and oxygen atoms in total. The Morgan fingerprint density at radius 2 is 1.63 bits per heavy atom. The normalized spacial score (nSPS) is 22.1. The van der Waals surface area contributed by atoms with E-state index in [1.54, 1.807) is 0 Å². The summed E-state index contributed by atoms with van der Waals surface area (Å²) >= 11 is 2.53. The lowest BCUT2D eigenvalue weighted by atomic mass is 9.88. The second-order valence-electron chi connectivity index (χ2n) is 4.95. The summed E-state index contributed by atoms with van der Waals surface area (Å²) in [4.78, 5) is 0. The zero-order valence-corrected chi connectivity index (χ0v) is 13.0. The first-order valence-corrected chi connectivity index (χ1v) is 7.71. The Hall–Kier alpha value is -1.29. The highest BCUT2D eigenvalue weighted by atomic mass is 127. The molecule has 96 valence electrons. The van der Waals surface area contributed by atoms with Crippen molar-refractivity contribution in [3.63, 3.8) is 0 Å². The molecule has 0 aliphatic heterocycles. The SMILES string of the molecule is C/C1=C(\N)c2ccccc2C(I)Cc2ccccc21. The second kappa shape index (κ2) is 5.00. The molecule has 19 heavy (non-hydrogen) atoms. The van der Waals surface area contributed by atoms with Crippen LogP contribution < -0.4 is 5.73 Å². The van der Waals surface area contributed by atoms with E-state index in [1.807, 2.05) is 0 Å². The maximum absolute atomic E-state index is 6.41. The molecule has 0 heterocycles. The molecule has 1 aliphatic carbocycles. The van der Waals surface area contributed by atoms with Crippen molar-refractivity contribution >= 4 is 33.9 Å². The van der Waals surface area contributed by atoms with E-state index >= 15 is 0 Å². The van der Waals surface area contributed by atoms with Crippen molar-refractivity contribution in [2.45, 2.75) is 17.3 Å². The molecule has 0 fully saturated rings. The van der Waals surface area contributed by atoms with Gasteiger partial charge in [0, 0.05) is 15.2 Å². The van der Waals surface area contributed by atoms with Crippen LogP contribution in [0.5, 0.6) is 0 Å². The van der Waals surface area contributed by atoms with Gasteiger partial charge in [-0.05, 0) is 35.6 Å².